The summed E-state index contributed by atoms with van der Waals surface area (Å²) in [6, 6.07) is 20.7. The molecule has 0 radical (unpaired) electrons. The minimum Gasteiger partial charge on any atom is -0.490 e. The number of hydrogen-bond acceptors (Lipinski definition) is 5. The minimum absolute atomic E-state index is 0.119. The molecule has 1 aliphatic heterocycles. The van der Waals surface area contributed by atoms with Crippen molar-refractivity contribution < 1.29 is 18.9 Å². The molecule has 1 heterocycles. The normalized spacial score (nSPS) is 17.7. The van der Waals surface area contributed by atoms with Crippen LogP contribution in [-0.4, -0.2) is 44.9 Å². The molecule has 31 aromatic carbocycles. The number of benzene rings is 21. The molecule has 5 nitrogen and oxygen atoms in total. The van der Waals surface area contributed by atoms with Gasteiger partial charge in [0.25, 0.3) is 0 Å². The summed E-state index contributed by atoms with van der Waals surface area (Å²) in [4.78, 5) is 2.98. The highest BCUT2D eigenvalue weighted by atomic mass is 16.5. The van der Waals surface area contributed by atoms with Gasteiger partial charge < -0.3 is 18.9 Å². The molecule has 1 saturated heterocycles. The number of unbranched alkanes of at least 4 members (excludes halogenated alkanes) is 36. The summed E-state index contributed by atoms with van der Waals surface area (Å²) in [6.07, 6.45) is 51.6. The molecule has 138 heavy (non-hydrogen) atoms. The summed E-state index contributed by atoms with van der Waals surface area (Å²) >= 11 is 0. The van der Waals surface area contributed by atoms with Crippen LogP contribution < -0.4 is 18.9 Å². The van der Waals surface area contributed by atoms with Gasteiger partial charge in [-0.05, 0) is 406 Å². The molecule has 5 heteroatoms. The summed E-state index contributed by atoms with van der Waals surface area (Å²) in [5, 5.41) is 88.3. The van der Waals surface area contributed by atoms with Gasteiger partial charge in [-0.1, -0.05) is 283 Å². The Morgan fingerprint density at radius 1 is 0.210 bits per heavy atom. The minimum atomic E-state index is -0.571. The fraction of sp³-hybridized carbons (Fsp3) is 0.398. The highest BCUT2D eigenvalue weighted by Crippen LogP contribution is 2.87. The van der Waals surface area contributed by atoms with E-state index in [2.05, 4.69) is 118 Å². The van der Waals surface area contributed by atoms with Crippen molar-refractivity contribution in [2.24, 2.45) is 0 Å². The molecule has 0 saturated carbocycles. The molecule has 31 aromatic rings. The third-order valence-electron chi connectivity index (χ3n) is 39.8. The van der Waals surface area contributed by atoms with Crippen molar-refractivity contribution in [1.82, 2.24) is 4.90 Å². The van der Waals surface area contributed by atoms with Crippen molar-refractivity contribution in [3.8, 4) is 46.7 Å². The predicted octanol–water partition coefficient (Wildman–Crippen LogP) is 38.0. The highest BCUT2D eigenvalue weighted by molar-refractivity contribution is 6.82. The summed E-state index contributed by atoms with van der Waals surface area (Å²) in [7, 11) is 2.61. The molecule has 676 valence electrons. The van der Waals surface area contributed by atoms with Crippen LogP contribution in [0.15, 0.2) is 54.6 Å². The quantitative estimate of drug-likeness (QED) is 0.0216. The van der Waals surface area contributed by atoms with E-state index in [0.29, 0.717) is 26.4 Å². The zero-order valence-electron chi connectivity index (χ0n) is 81.2. The maximum Gasteiger partial charge on any atom is 0.162 e. The molecule has 5 aliphatic rings. The van der Waals surface area contributed by atoms with Crippen molar-refractivity contribution >= 4 is 291 Å². The standard InChI is InChI=1S/C133H115NO4/c1-6-10-14-18-22-26-30-34-38-42-54-135-69-52-50-64(61-71(69)137-56-44-40-36-32-28-24-20-16-12-8-3)46-48-66-58-67(49-47-65-51-53-70(136-55-43-39-35-31-27-23-19-15-11-7-2)72(62-65)138-57-45-41-37-33-29-25-21-17-13-9-4)60-68(59-66)131-133-129-123-117-107-95-87-79-75-73-74-77-81(79)89(95)99-93-85(77)86-78(74)82-80-76(73)84-83(75)91-97(87)105-111-101(91)102-92(84)98-88(80)96-90(82)100-94(86)104-103(93)115(109(99)117)125(129)126-116(104)110(100)118-108(96)114-106(98)112(102)120-119(111)127(121(123)113(105)107)132(133,63-134(131)5)128(120)122(114)124(118)130(126)133/h50-53,58-62,131H,6-45,54-57,63H2,1-5H3. The number of rotatable bonds is 49. The van der Waals surface area contributed by atoms with E-state index in [1.165, 1.54) is 237 Å². The number of hydrogen-bond donors (Lipinski definition) is 0. The van der Waals surface area contributed by atoms with Gasteiger partial charge in [-0.25, -0.2) is 0 Å². The summed E-state index contributed by atoms with van der Waals surface area (Å²) in [5.74, 6) is 19.3. The van der Waals surface area contributed by atoms with Crippen molar-refractivity contribution in [3.63, 3.8) is 0 Å². The van der Waals surface area contributed by atoms with Gasteiger partial charge >= 0.3 is 0 Å². The topological polar surface area (TPSA) is 40.2 Å². The maximum atomic E-state index is 6.99. The highest BCUT2D eigenvalue weighted by Gasteiger charge is 2.76. The van der Waals surface area contributed by atoms with Gasteiger partial charge in [0.05, 0.1) is 37.3 Å². The van der Waals surface area contributed by atoms with Gasteiger partial charge in [0.2, 0.25) is 0 Å². The van der Waals surface area contributed by atoms with E-state index in [1.54, 1.807) is 313 Å². The van der Waals surface area contributed by atoms with Crippen LogP contribution >= 0.6 is 0 Å². The molecule has 4 aliphatic carbocycles. The van der Waals surface area contributed by atoms with E-state index in [0.717, 1.165) is 77.5 Å². The first kappa shape index (κ1) is 77.3. The Kier molecular flexibility index (Phi) is 15.0. The lowest BCUT2D eigenvalue weighted by atomic mass is 9.47. The Labute approximate surface area is 801 Å². The van der Waals surface area contributed by atoms with E-state index in [9.17, 15) is 0 Å². The van der Waals surface area contributed by atoms with Crippen molar-refractivity contribution in [2.75, 3.05) is 40.0 Å². The average molecular weight is 1790 g/mol. The second-order valence-electron chi connectivity index (χ2n) is 46.6. The molecular weight excluding hydrogens is 1680 g/mol. The Bertz CT molecular complexity index is 9550. The molecule has 0 amide bonds. The molecular formula is C133H115NO4. The smallest absolute Gasteiger partial charge is 0.162 e. The Morgan fingerprint density at radius 2 is 0.399 bits per heavy atom. The van der Waals surface area contributed by atoms with E-state index < -0.39 is 10.8 Å². The second kappa shape index (κ2) is 26.7. The van der Waals surface area contributed by atoms with E-state index in [-0.39, 0.29) is 6.04 Å². The van der Waals surface area contributed by atoms with Crippen molar-refractivity contribution in [1.29, 1.82) is 0 Å². The van der Waals surface area contributed by atoms with Crippen LogP contribution in [0.3, 0.4) is 0 Å². The van der Waals surface area contributed by atoms with Crippen molar-refractivity contribution in [3.05, 3.63) is 105 Å². The van der Waals surface area contributed by atoms with Gasteiger partial charge in [-0.15, -0.1) is 0 Å². The molecule has 36 rings (SSSR count). The van der Waals surface area contributed by atoms with Crippen LogP contribution in [0.2, 0.25) is 0 Å². The molecule has 2 spiro atoms. The molecule has 0 N–H and O–H groups in total. The lowest BCUT2D eigenvalue weighted by molar-refractivity contribution is 0.258. The number of likely N-dealkylation sites (tertiary alicyclic amines) is 1. The van der Waals surface area contributed by atoms with Crippen LogP contribution in [0.5, 0.6) is 23.0 Å². The monoisotopic (exact) mass is 1790 g/mol. The van der Waals surface area contributed by atoms with Gasteiger partial charge in [0.15, 0.2) is 23.0 Å². The Balaban J connectivity index is 0.564. The molecule has 1 fully saturated rings. The lowest BCUT2D eigenvalue weighted by Gasteiger charge is -2.52. The van der Waals surface area contributed by atoms with Crippen LogP contribution in [0.25, 0.3) is 291 Å². The average Bonchev–Trinajstić information content (AvgIpc) is 1.38. The predicted molar refractivity (Wildman–Crippen MR) is 590 cm³/mol. The lowest BCUT2D eigenvalue weighted by Crippen LogP contribution is -2.51. The Hall–Kier alpha value is -11.6. The van der Waals surface area contributed by atoms with Gasteiger partial charge in [0, 0.05) is 34.8 Å². The summed E-state index contributed by atoms with van der Waals surface area (Å²) < 4.78 is 27.7. The van der Waals surface area contributed by atoms with Crippen LogP contribution in [-0.2, 0) is 10.8 Å². The third-order valence-corrected chi connectivity index (χ3v) is 39.8. The van der Waals surface area contributed by atoms with Crippen LogP contribution in [0.1, 0.15) is 341 Å². The first-order valence-electron chi connectivity index (χ1n) is 56.0. The SMILES string of the molecule is CCCCCCCCCCCCOc1ccc(C#Cc2cc(C#Cc3ccc(OCCCCCCCCCCCC)c(OCCCCCCCCCCCC)c3)cc(C3N(C)CC45c6c7c8c9c%10c%11c(c%12c%13c4c4c6c6c%14c7c7c8c8c%10c%10c%15c%11c%11c%12c%12c%13c%13c4c4c6c6c%14c%14c7c7c8c%10c8c%10c%15c%11c%11c%12c%12c%13c4c4c6c6c%14c7c8c7c%10c%11c%12c4c67)C935)c2)cc1OCCCCCCCCCCCC. The molecule has 0 aromatic heterocycles. The number of ether oxygens (including phenoxy) is 4. The molecule has 0 bridgehead atoms. The summed E-state index contributed by atoms with van der Waals surface area (Å²) in [5.41, 5.74) is 11.0. The second-order valence-corrected chi connectivity index (χ2v) is 46.6. The fourth-order valence-corrected chi connectivity index (χ4v) is 35.5. The van der Waals surface area contributed by atoms with E-state index in [4.69, 9.17) is 18.9 Å². The Morgan fingerprint density at radius 3 is 0.623 bits per heavy atom. The fourth-order valence-electron chi connectivity index (χ4n) is 35.5. The number of nitrogens with zero attached hydrogens (tertiary/aromatic N) is 1. The summed E-state index contributed by atoms with van der Waals surface area (Å²) in [6.45, 7) is 12.9. The zero-order valence-corrected chi connectivity index (χ0v) is 81.2. The molecule has 1 atom stereocenters. The van der Waals surface area contributed by atoms with Crippen LogP contribution in [0.4, 0.5) is 0 Å². The first-order valence-corrected chi connectivity index (χ1v) is 56.0. The van der Waals surface area contributed by atoms with E-state index in [1.807, 2.05) is 0 Å². The zero-order chi connectivity index (χ0) is 89.7. The maximum absolute atomic E-state index is 6.99. The van der Waals surface area contributed by atoms with Crippen LogP contribution in [0, 0.1) is 23.7 Å². The van der Waals surface area contributed by atoms with Gasteiger partial charge in [-0.3, -0.25) is 4.90 Å². The first-order chi connectivity index (χ1) is 68.5. The molecule has 1 unspecified atom stereocenters. The van der Waals surface area contributed by atoms with Gasteiger partial charge in [0.1, 0.15) is 0 Å². The third kappa shape index (κ3) is 8.21. The van der Waals surface area contributed by atoms with Crippen molar-refractivity contribution in [2.45, 2.75) is 301 Å². The number of likely N-dealkylation sites (N-methyl/N-ethyl adjacent to an activating group) is 1. The van der Waals surface area contributed by atoms with E-state index >= 15 is 0 Å². The largest absolute Gasteiger partial charge is 0.490 e. The van der Waals surface area contributed by atoms with Gasteiger partial charge in [-0.2, -0.15) is 0 Å².